The molecule has 2 aromatic heterocycles. The summed E-state index contributed by atoms with van der Waals surface area (Å²) in [5, 5.41) is 0. The van der Waals surface area contributed by atoms with E-state index in [2.05, 4.69) is 86.5 Å². The molecular formula is C24H28N4. The van der Waals surface area contributed by atoms with Crippen LogP contribution in [0.1, 0.15) is 56.5 Å². The van der Waals surface area contributed by atoms with Crippen LogP contribution in [0.25, 0.3) is 28.1 Å². The van der Waals surface area contributed by atoms with Crippen molar-refractivity contribution < 1.29 is 0 Å². The molecule has 0 aliphatic heterocycles. The van der Waals surface area contributed by atoms with Crippen LogP contribution < -0.4 is 0 Å². The number of fused-ring (bicyclic) bond motifs is 1. The van der Waals surface area contributed by atoms with Crippen molar-refractivity contribution in [3.8, 4) is 17.1 Å². The predicted octanol–water partition coefficient (Wildman–Crippen LogP) is 5.98. The first kappa shape index (κ1) is 18.5. The highest BCUT2D eigenvalue weighted by atomic mass is 15.1. The van der Waals surface area contributed by atoms with Gasteiger partial charge in [-0.2, -0.15) is 0 Å². The molecule has 0 fully saturated rings. The molecule has 0 bridgehead atoms. The Morgan fingerprint density at radius 3 is 2.25 bits per heavy atom. The number of aryl methyl sites for hydroxylation is 2. The van der Waals surface area contributed by atoms with Crippen LogP contribution in [0.4, 0.5) is 0 Å². The van der Waals surface area contributed by atoms with Gasteiger partial charge in [-0.1, -0.05) is 45.9 Å². The van der Waals surface area contributed by atoms with E-state index in [1.165, 1.54) is 16.8 Å². The van der Waals surface area contributed by atoms with Gasteiger partial charge in [0, 0.05) is 25.0 Å². The summed E-state index contributed by atoms with van der Waals surface area (Å²) in [6, 6.07) is 13.1. The average molecular weight is 373 g/mol. The Bertz CT molecular complexity index is 1120. The zero-order chi connectivity index (χ0) is 20.0. The molecule has 0 N–H and O–H groups in total. The van der Waals surface area contributed by atoms with Gasteiger partial charge < -0.3 is 4.57 Å². The van der Waals surface area contributed by atoms with Crippen molar-refractivity contribution in [3.05, 3.63) is 65.7 Å². The standard InChI is InChI=1S/C24H28N4/c1-15(2)19-8-7-9-20(16(3)4)23(19)28-13-12-25-24(28)18-10-11-22-21(14-18)26-17(5)27(22)6/h7-16H,1-6H3. The van der Waals surface area contributed by atoms with E-state index in [1.807, 2.05) is 13.1 Å². The molecule has 2 heterocycles. The van der Waals surface area contributed by atoms with E-state index in [9.17, 15) is 0 Å². The first-order valence-electron chi connectivity index (χ1n) is 9.98. The molecule has 0 unspecified atom stereocenters. The minimum absolute atomic E-state index is 0.435. The predicted molar refractivity (Wildman–Crippen MR) is 116 cm³/mol. The van der Waals surface area contributed by atoms with Gasteiger partial charge in [0.2, 0.25) is 0 Å². The molecule has 0 amide bonds. The summed E-state index contributed by atoms with van der Waals surface area (Å²) in [6.45, 7) is 11.0. The van der Waals surface area contributed by atoms with Crippen molar-refractivity contribution in [1.29, 1.82) is 0 Å². The van der Waals surface area contributed by atoms with Crippen molar-refractivity contribution in [1.82, 2.24) is 19.1 Å². The number of benzene rings is 2. The molecule has 0 spiro atoms. The number of aromatic nitrogens is 4. The maximum atomic E-state index is 4.73. The maximum Gasteiger partial charge on any atom is 0.144 e. The third-order valence-corrected chi connectivity index (χ3v) is 5.59. The fourth-order valence-electron chi connectivity index (χ4n) is 3.95. The second kappa shape index (κ2) is 6.93. The Balaban J connectivity index is 1.94. The van der Waals surface area contributed by atoms with Crippen LogP contribution in [-0.2, 0) is 7.05 Å². The van der Waals surface area contributed by atoms with Gasteiger partial charge in [0.15, 0.2) is 0 Å². The Morgan fingerprint density at radius 2 is 1.61 bits per heavy atom. The number of nitrogens with zero attached hydrogens (tertiary/aromatic N) is 4. The van der Waals surface area contributed by atoms with E-state index < -0.39 is 0 Å². The third-order valence-electron chi connectivity index (χ3n) is 5.59. The third kappa shape index (κ3) is 2.93. The van der Waals surface area contributed by atoms with Crippen molar-refractivity contribution in [2.75, 3.05) is 0 Å². The normalized spacial score (nSPS) is 11.9. The van der Waals surface area contributed by atoms with Crippen LogP contribution in [0.15, 0.2) is 48.8 Å². The Labute approximate surface area is 166 Å². The molecule has 4 heteroatoms. The summed E-state index contributed by atoms with van der Waals surface area (Å²) >= 11 is 0. The molecule has 0 aliphatic rings. The fourth-order valence-corrected chi connectivity index (χ4v) is 3.95. The molecular weight excluding hydrogens is 344 g/mol. The molecule has 0 saturated heterocycles. The highest BCUT2D eigenvalue weighted by molar-refractivity contribution is 5.81. The number of hydrogen-bond donors (Lipinski definition) is 0. The molecule has 144 valence electrons. The lowest BCUT2D eigenvalue weighted by Gasteiger charge is -2.21. The van der Waals surface area contributed by atoms with Gasteiger partial charge in [0.1, 0.15) is 11.6 Å². The summed E-state index contributed by atoms with van der Waals surface area (Å²) in [6.07, 6.45) is 3.97. The average Bonchev–Trinajstić information content (AvgIpc) is 3.25. The quantitative estimate of drug-likeness (QED) is 0.442. The zero-order valence-electron chi connectivity index (χ0n) is 17.6. The van der Waals surface area contributed by atoms with Crippen molar-refractivity contribution in [2.45, 2.75) is 46.5 Å². The number of rotatable bonds is 4. The van der Waals surface area contributed by atoms with Crippen molar-refractivity contribution >= 4 is 11.0 Å². The summed E-state index contributed by atoms with van der Waals surface area (Å²) in [5.41, 5.74) is 7.19. The second-order valence-corrected chi connectivity index (χ2v) is 8.14. The van der Waals surface area contributed by atoms with E-state index >= 15 is 0 Å². The van der Waals surface area contributed by atoms with E-state index in [0.29, 0.717) is 11.8 Å². The van der Waals surface area contributed by atoms with Crippen LogP contribution in [0.5, 0.6) is 0 Å². The SMILES string of the molecule is Cc1nc2cc(-c3nccn3-c3c(C(C)C)cccc3C(C)C)ccc2n1C. The van der Waals surface area contributed by atoms with E-state index in [0.717, 1.165) is 28.2 Å². The van der Waals surface area contributed by atoms with Gasteiger partial charge in [0.05, 0.1) is 16.7 Å². The van der Waals surface area contributed by atoms with Gasteiger partial charge in [0.25, 0.3) is 0 Å². The minimum Gasteiger partial charge on any atom is -0.331 e. The van der Waals surface area contributed by atoms with E-state index in [4.69, 9.17) is 9.97 Å². The van der Waals surface area contributed by atoms with Crippen LogP contribution in [0.2, 0.25) is 0 Å². The van der Waals surface area contributed by atoms with Crippen molar-refractivity contribution in [3.63, 3.8) is 0 Å². The van der Waals surface area contributed by atoms with Crippen LogP contribution in [0.3, 0.4) is 0 Å². The number of hydrogen-bond acceptors (Lipinski definition) is 2. The summed E-state index contributed by atoms with van der Waals surface area (Å²) < 4.78 is 4.37. The monoisotopic (exact) mass is 372 g/mol. The van der Waals surface area contributed by atoms with Crippen LogP contribution in [0, 0.1) is 6.92 Å². The Hall–Kier alpha value is -2.88. The number of para-hydroxylation sites is 1. The smallest absolute Gasteiger partial charge is 0.144 e. The van der Waals surface area contributed by atoms with E-state index in [1.54, 1.807) is 0 Å². The van der Waals surface area contributed by atoms with Crippen LogP contribution in [-0.4, -0.2) is 19.1 Å². The highest BCUT2D eigenvalue weighted by Crippen LogP contribution is 2.34. The molecule has 4 nitrogen and oxygen atoms in total. The number of imidazole rings is 2. The summed E-state index contributed by atoms with van der Waals surface area (Å²) in [7, 11) is 2.05. The molecule has 4 aromatic rings. The van der Waals surface area contributed by atoms with Gasteiger partial charge in [-0.3, -0.25) is 4.57 Å². The molecule has 28 heavy (non-hydrogen) atoms. The Morgan fingerprint density at radius 1 is 0.929 bits per heavy atom. The lowest BCUT2D eigenvalue weighted by atomic mass is 9.92. The van der Waals surface area contributed by atoms with Gasteiger partial charge in [-0.15, -0.1) is 0 Å². The largest absolute Gasteiger partial charge is 0.331 e. The molecule has 0 radical (unpaired) electrons. The molecule has 2 aromatic carbocycles. The zero-order valence-corrected chi connectivity index (χ0v) is 17.6. The summed E-state index contributed by atoms with van der Waals surface area (Å²) in [4.78, 5) is 9.43. The van der Waals surface area contributed by atoms with Crippen LogP contribution >= 0.6 is 0 Å². The topological polar surface area (TPSA) is 35.6 Å². The lowest BCUT2D eigenvalue weighted by molar-refractivity contribution is 0.807. The highest BCUT2D eigenvalue weighted by Gasteiger charge is 2.19. The van der Waals surface area contributed by atoms with Gasteiger partial charge in [-0.25, -0.2) is 9.97 Å². The van der Waals surface area contributed by atoms with E-state index in [-0.39, 0.29) is 0 Å². The molecule has 4 rings (SSSR count). The molecule has 0 aliphatic carbocycles. The van der Waals surface area contributed by atoms with Gasteiger partial charge >= 0.3 is 0 Å². The fraction of sp³-hybridized carbons (Fsp3) is 0.333. The Kier molecular flexibility index (Phi) is 4.58. The molecule has 0 atom stereocenters. The lowest BCUT2D eigenvalue weighted by Crippen LogP contribution is -2.07. The first-order chi connectivity index (χ1) is 13.4. The minimum atomic E-state index is 0.435. The first-order valence-corrected chi connectivity index (χ1v) is 9.98. The maximum absolute atomic E-state index is 4.73. The second-order valence-electron chi connectivity index (χ2n) is 8.14. The molecule has 0 saturated carbocycles. The summed E-state index contributed by atoms with van der Waals surface area (Å²) in [5.74, 6) is 2.85. The van der Waals surface area contributed by atoms with Gasteiger partial charge in [-0.05, 0) is 48.1 Å². The van der Waals surface area contributed by atoms with Crippen molar-refractivity contribution in [2.24, 2.45) is 7.05 Å².